The minimum atomic E-state index is -0.713. The number of carbonyl (C=O) groups excluding carboxylic acids is 3. The van der Waals surface area contributed by atoms with Crippen LogP contribution < -0.4 is 5.32 Å². The summed E-state index contributed by atoms with van der Waals surface area (Å²) in [6.45, 7) is 1.96. The molecule has 3 aromatic heterocycles. The van der Waals surface area contributed by atoms with Crippen LogP contribution in [0.25, 0.3) is 0 Å². The second-order valence-corrected chi connectivity index (χ2v) is 10.2. The van der Waals surface area contributed by atoms with E-state index in [1.165, 1.54) is 11.3 Å². The molecule has 2 amide bonds. The Balaban J connectivity index is 1.44. The molecule has 1 N–H and O–H groups in total. The van der Waals surface area contributed by atoms with Gasteiger partial charge in [0.25, 0.3) is 11.8 Å². The first-order valence-electron chi connectivity index (χ1n) is 11.6. The first kappa shape index (κ1) is 24.7. The number of nitrogens with zero attached hydrogens (tertiary/aromatic N) is 4. The molecule has 5 rings (SSSR count). The summed E-state index contributed by atoms with van der Waals surface area (Å²) in [5.41, 5.74) is 2.20. The van der Waals surface area contributed by atoms with E-state index in [1.54, 1.807) is 59.8 Å². The van der Waals surface area contributed by atoms with E-state index in [2.05, 4.69) is 20.3 Å². The summed E-state index contributed by atoms with van der Waals surface area (Å²) in [6.07, 6.45) is 3.63. The fourth-order valence-electron chi connectivity index (χ4n) is 4.27. The summed E-state index contributed by atoms with van der Waals surface area (Å²) < 4.78 is 0. The Bertz CT molecular complexity index is 1480. The molecular weight excluding hydrogens is 510 g/mol. The van der Waals surface area contributed by atoms with Gasteiger partial charge >= 0.3 is 0 Å². The average Bonchev–Trinajstić information content (AvgIpc) is 3.23. The molecule has 186 valence electrons. The third-order valence-electron chi connectivity index (χ3n) is 6.02. The third kappa shape index (κ3) is 5.42. The first-order chi connectivity index (χ1) is 17.9. The maximum absolute atomic E-state index is 13.7. The van der Waals surface area contributed by atoms with Gasteiger partial charge in [0.2, 0.25) is 0 Å². The fourth-order valence-corrected chi connectivity index (χ4v) is 5.45. The van der Waals surface area contributed by atoms with Gasteiger partial charge in [0.15, 0.2) is 5.78 Å². The van der Waals surface area contributed by atoms with E-state index < -0.39 is 11.9 Å². The number of hydrogen-bond acceptors (Lipinski definition) is 7. The smallest absolute Gasteiger partial charge is 0.266 e. The number of aromatic nitrogens is 3. The maximum atomic E-state index is 13.7. The zero-order valence-electron chi connectivity index (χ0n) is 19.8. The van der Waals surface area contributed by atoms with Crippen molar-refractivity contribution in [1.82, 2.24) is 19.9 Å². The number of carbonyl (C=O) groups is 3. The molecule has 8 nitrogen and oxygen atoms in total. The van der Waals surface area contributed by atoms with Gasteiger partial charge in [-0.05, 0) is 48.9 Å². The van der Waals surface area contributed by atoms with Gasteiger partial charge in [-0.25, -0.2) is 9.97 Å². The van der Waals surface area contributed by atoms with E-state index in [1.807, 2.05) is 19.1 Å². The van der Waals surface area contributed by atoms with Crippen LogP contribution in [-0.4, -0.2) is 43.5 Å². The predicted molar refractivity (Wildman–Crippen MR) is 141 cm³/mol. The third-order valence-corrected chi connectivity index (χ3v) is 7.33. The summed E-state index contributed by atoms with van der Waals surface area (Å²) in [5, 5.41) is 3.68. The second-order valence-electron chi connectivity index (χ2n) is 8.61. The number of pyridine rings is 2. The molecular formula is C27H22ClN5O3S. The largest absolute Gasteiger partial charge is 0.323 e. The number of ketones is 1. The zero-order chi connectivity index (χ0) is 25.9. The van der Waals surface area contributed by atoms with Crippen LogP contribution in [0.15, 0.2) is 67.0 Å². The van der Waals surface area contributed by atoms with Crippen molar-refractivity contribution in [3.8, 4) is 0 Å². The van der Waals surface area contributed by atoms with Gasteiger partial charge in [-0.1, -0.05) is 29.8 Å². The van der Waals surface area contributed by atoms with Crippen LogP contribution in [-0.2, 0) is 24.2 Å². The van der Waals surface area contributed by atoms with Crippen molar-refractivity contribution in [2.75, 3.05) is 5.32 Å². The van der Waals surface area contributed by atoms with Crippen molar-refractivity contribution in [3.63, 3.8) is 0 Å². The SMILES string of the molecule is Cc1nc2c(s1)C(=O)N(Cc1ccc(C(=O)Nc3ccccn3)c(Cl)c1)C(Cc1ccccn1)C(=O)C2. The molecule has 10 heteroatoms. The van der Waals surface area contributed by atoms with Crippen LogP contribution in [0.4, 0.5) is 5.82 Å². The highest BCUT2D eigenvalue weighted by Gasteiger charge is 2.37. The number of nitrogens with one attached hydrogen (secondary N) is 1. The molecule has 4 aromatic rings. The van der Waals surface area contributed by atoms with E-state index in [0.717, 1.165) is 5.01 Å². The number of rotatable bonds is 6. The molecule has 0 fully saturated rings. The van der Waals surface area contributed by atoms with E-state index in [-0.39, 0.29) is 41.7 Å². The van der Waals surface area contributed by atoms with Crippen LogP contribution in [0.5, 0.6) is 0 Å². The Morgan fingerprint density at radius 3 is 2.59 bits per heavy atom. The molecule has 1 aromatic carbocycles. The number of halogens is 1. The van der Waals surface area contributed by atoms with Crippen LogP contribution in [0.3, 0.4) is 0 Å². The minimum absolute atomic E-state index is 0.0901. The fraction of sp³-hybridized carbons (Fsp3) is 0.185. The van der Waals surface area contributed by atoms with Crippen LogP contribution >= 0.6 is 22.9 Å². The van der Waals surface area contributed by atoms with E-state index in [9.17, 15) is 14.4 Å². The van der Waals surface area contributed by atoms with Gasteiger partial charge in [0.1, 0.15) is 10.7 Å². The minimum Gasteiger partial charge on any atom is -0.323 e. The monoisotopic (exact) mass is 531 g/mol. The quantitative estimate of drug-likeness (QED) is 0.392. The maximum Gasteiger partial charge on any atom is 0.266 e. The Morgan fingerprint density at radius 1 is 1.11 bits per heavy atom. The topological polar surface area (TPSA) is 105 Å². The van der Waals surface area contributed by atoms with Crippen molar-refractivity contribution < 1.29 is 14.4 Å². The predicted octanol–water partition coefficient (Wildman–Crippen LogP) is 4.53. The van der Waals surface area contributed by atoms with Gasteiger partial charge in [0, 0.05) is 31.1 Å². The average molecular weight is 532 g/mol. The summed E-state index contributed by atoms with van der Waals surface area (Å²) in [6, 6.07) is 15.0. The molecule has 1 atom stereocenters. The Hall–Kier alpha value is -3.95. The standard InChI is InChI=1S/C27H22ClN5O3S/c1-16-31-21-14-23(34)22(13-18-6-2-4-10-29-18)33(27(36)25(21)37-16)15-17-8-9-19(20(28)12-17)26(35)32-24-7-3-5-11-30-24/h2-12,22H,13-15H2,1H3,(H,30,32,35). The van der Waals surface area contributed by atoms with E-state index in [0.29, 0.717) is 27.6 Å². The number of anilines is 1. The number of thiazole rings is 1. The molecule has 4 heterocycles. The number of hydrogen-bond donors (Lipinski definition) is 1. The molecule has 0 aliphatic carbocycles. The first-order valence-corrected chi connectivity index (χ1v) is 12.8. The Kier molecular flexibility index (Phi) is 7.07. The summed E-state index contributed by atoms with van der Waals surface area (Å²) in [7, 11) is 0. The van der Waals surface area contributed by atoms with Crippen LogP contribution in [0.2, 0.25) is 5.02 Å². The number of amides is 2. The molecule has 0 radical (unpaired) electrons. The van der Waals surface area contributed by atoms with Gasteiger partial charge in [-0.15, -0.1) is 11.3 Å². The molecule has 0 spiro atoms. The van der Waals surface area contributed by atoms with Crippen LogP contribution in [0, 0.1) is 6.92 Å². The lowest BCUT2D eigenvalue weighted by atomic mass is 10.0. The highest BCUT2D eigenvalue weighted by Crippen LogP contribution is 2.29. The number of benzene rings is 1. The Morgan fingerprint density at radius 2 is 1.89 bits per heavy atom. The van der Waals surface area contributed by atoms with Gasteiger partial charge in [-0.2, -0.15) is 0 Å². The van der Waals surface area contributed by atoms with E-state index in [4.69, 9.17) is 11.6 Å². The van der Waals surface area contributed by atoms with Crippen molar-refractivity contribution in [2.24, 2.45) is 0 Å². The van der Waals surface area contributed by atoms with Crippen molar-refractivity contribution >= 4 is 46.4 Å². The highest BCUT2D eigenvalue weighted by atomic mass is 35.5. The lowest BCUT2D eigenvalue weighted by Gasteiger charge is -2.29. The van der Waals surface area contributed by atoms with Crippen LogP contribution in [0.1, 0.15) is 42.0 Å². The normalized spacial score (nSPS) is 15.3. The zero-order valence-corrected chi connectivity index (χ0v) is 21.4. The van der Waals surface area contributed by atoms with Gasteiger partial charge < -0.3 is 10.2 Å². The molecule has 0 bridgehead atoms. The number of Topliss-reactive ketones (excluding diaryl/α,β-unsaturated/α-hetero) is 1. The van der Waals surface area contributed by atoms with Crippen molar-refractivity contribution in [3.05, 3.63) is 104 Å². The van der Waals surface area contributed by atoms with Gasteiger partial charge in [-0.3, -0.25) is 19.4 Å². The van der Waals surface area contributed by atoms with Crippen molar-refractivity contribution in [1.29, 1.82) is 0 Å². The molecule has 37 heavy (non-hydrogen) atoms. The lowest BCUT2D eigenvalue weighted by Crippen LogP contribution is -2.44. The number of aryl methyl sites for hydroxylation is 1. The molecule has 1 aliphatic heterocycles. The van der Waals surface area contributed by atoms with E-state index >= 15 is 0 Å². The molecule has 1 aliphatic rings. The highest BCUT2D eigenvalue weighted by molar-refractivity contribution is 7.13. The van der Waals surface area contributed by atoms with Crippen molar-refractivity contribution in [2.45, 2.75) is 32.4 Å². The second kappa shape index (κ2) is 10.6. The molecule has 1 unspecified atom stereocenters. The summed E-state index contributed by atoms with van der Waals surface area (Å²) >= 11 is 7.78. The Labute approximate surface area is 222 Å². The summed E-state index contributed by atoms with van der Waals surface area (Å²) in [4.78, 5) is 54.7. The molecule has 0 saturated heterocycles. The lowest BCUT2D eigenvalue weighted by molar-refractivity contribution is -0.122. The van der Waals surface area contributed by atoms with Gasteiger partial charge in [0.05, 0.1) is 33.8 Å². The number of fused-ring (bicyclic) bond motifs is 1. The molecule has 0 saturated carbocycles. The summed E-state index contributed by atoms with van der Waals surface area (Å²) in [5.74, 6) is -0.329.